The monoisotopic (exact) mass is 368 g/mol. The average Bonchev–Trinajstić information content (AvgIpc) is 2.74. The molecule has 7 heteroatoms. The fourth-order valence-corrected chi connectivity index (χ4v) is 3.38. The summed E-state index contributed by atoms with van der Waals surface area (Å²) in [6.07, 6.45) is 0. The third-order valence-corrected chi connectivity index (χ3v) is 4.53. The molecule has 0 aromatic heterocycles. The molecule has 0 spiro atoms. The van der Waals surface area contributed by atoms with Crippen molar-refractivity contribution in [3.8, 4) is 41.5 Å². The minimum atomic E-state index is -0.140. The Kier molecular flexibility index (Phi) is 4.61. The van der Waals surface area contributed by atoms with E-state index in [1.165, 1.54) is 21.3 Å². The Morgan fingerprint density at radius 3 is 1.71 bits per heavy atom. The highest BCUT2D eigenvalue weighted by Crippen LogP contribution is 2.47. The first-order valence-corrected chi connectivity index (χ1v) is 7.97. The second kappa shape index (κ2) is 7.04. The van der Waals surface area contributed by atoms with Gasteiger partial charge >= 0.3 is 0 Å². The first-order valence-electron chi connectivity index (χ1n) is 7.97. The van der Waals surface area contributed by atoms with Crippen molar-refractivity contribution < 1.29 is 14.2 Å². The van der Waals surface area contributed by atoms with Gasteiger partial charge in [0.25, 0.3) is 0 Å². The standard InChI is InChI=1S/C21H12N4O3/c1-26-17-6-11-4-5-12-13(7-22)14(8-23)15(9-24)16(10-25)19(12)18(11)21(28-3)20(17)27-2/h4-6H,1-3H3. The molecule has 0 bridgehead atoms. The lowest BCUT2D eigenvalue weighted by molar-refractivity contribution is 0.327. The molecular formula is C21H12N4O3. The molecule has 0 fully saturated rings. The number of fused-ring (bicyclic) bond motifs is 3. The van der Waals surface area contributed by atoms with Gasteiger partial charge in [-0.15, -0.1) is 0 Å². The maximum absolute atomic E-state index is 9.79. The van der Waals surface area contributed by atoms with Crippen LogP contribution >= 0.6 is 0 Å². The number of nitriles is 4. The maximum atomic E-state index is 9.79. The molecule has 0 aliphatic heterocycles. The third kappa shape index (κ3) is 2.32. The molecule has 0 radical (unpaired) electrons. The summed E-state index contributed by atoms with van der Waals surface area (Å²) in [6, 6.07) is 12.9. The Labute approximate surface area is 160 Å². The van der Waals surface area contributed by atoms with Gasteiger partial charge < -0.3 is 14.2 Å². The highest BCUT2D eigenvalue weighted by Gasteiger charge is 2.25. The Balaban J connectivity index is 2.79. The normalized spacial score (nSPS) is 9.82. The van der Waals surface area contributed by atoms with Gasteiger partial charge in [0.15, 0.2) is 11.5 Å². The molecule has 3 rings (SSSR count). The summed E-state index contributed by atoms with van der Waals surface area (Å²) in [5.41, 5.74) is -0.220. The highest BCUT2D eigenvalue weighted by molar-refractivity contribution is 6.17. The summed E-state index contributed by atoms with van der Waals surface area (Å²) in [6.45, 7) is 0. The van der Waals surface area contributed by atoms with Gasteiger partial charge in [-0.25, -0.2) is 0 Å². The molecule has 0 saturated heterocycles. The van der Waals surface area contributed by atoms with Crippen molar-refractivity contribution in [3.63, 3.8) is 0 Å². The van der Waals surface area contributed by atoms with Crippen molar-refractivity contribution in [1.29, 1.82) is 21.0 Å². The largest absolute Gasteiger partial charge is 0.493 e. The van der Waals surface area contributed by atoms with E-state index in [0.29, 0.717) is 38.8 Å². The zero-order valence-corrected chi connectivity index (χ0v) is 15.2. The summed E-state index contributed by atoms with van der Waals surface area (Å²) in [5, 5.41) is 40.4. The van der Waals surface area contributed by atoms with E-state index in [1.807, 2.05) is 24.3 Å². The summed E-state index contributed by atoms with van der Waals surface area (Å²) >= 11 is 0. The van der Waals surface area contributed by atoms with E-state index in [4.69, 9.17) is 14.2 Å². The first-order chi connectivity index (χ1) is 13.6. The quantitative estimate of drug-likeness (QED) is 0.648. The molecule has 3 aromatic carbocycles. The average molecular weight is 368 g/mol. The maximum Gasteiger partial charge on any atom is 0.203 e. The SMILES string of the molecule is COc1cc2ccc3c(C#N)c(C#N)c(C#N)c(C#N)c3c2c(OC)c1OC. The van der Waals surface area contributed by atoms with Crippen LogP contribution in [0.25, 0.3) is 21.5 Å². The van der Waals surface area contributed by atoms with Crippen molar-refractivity contribution in [2.24, 2.45) is 0 Å². The molecule has 7 nitrogen and oxygen atoms in total. The lowest BCUT2D eigenvalue weighted by atomic mass is 9.87. The number of rotatable bonds is 3. The molecule has 0 aliphatic rings. The molecule has 0 N–H and O–H groups in total. The summed E-state index contributed by atoms with van der Waals surface area (Å²) in [4.78, 5) is 0. The topological polar surface area (TPSA) is 123 Å². The first kappa shape index (κ1) is 18.3. The number of ether oxygens (including phenoxy) is 3. The summed E-state index contributed by atoms with van der Waals surface area (Å²) < 4.78 is 16.4. The van der Waals surface area contributed by atoms with Gasteiger partial charge in [-0.3, -0.25) is 0 Å². The Morgan fingerprint density at radius 2 is 1.21 bits per heavy atom. The van der Waals surface area contributed by atoms with Crippen molar-refractivity contribution in [3.05, 3.63) is 40.5 Å². The van der Waals surface area contributed by atoms with E-state index in [1.54, 1.807) is 18.2 Å². The fourth-order valence-electron chi connectivity index (χ4n) is 3.38. The second-order valence-electron chi connectivity index (χ2n) is 5.68. The van der Waals surface area contributed by atoms with Crippen LogP contribution < -0.4 is 14.2 Å². The number of methoxy groups -OCH3 is 3. The molecule has 0 aliphatic carbocycles. The van der Waals surface area contributed by atoms with E-state index in [2.05, 4.69) is 0 Å². The fraction of sp³-hybridized carbons (Fsp3) is 0.143. The second-order valence-corrected chi connectivity index (χ2v) is 5.68. The van der Waals surface area contributed by atoms with E-state index >= 15 is 0 Å². The van der Waals surface area contributed by atoms with Crippen molar-refractivity contribution >= 4 is 21.5 Å². The molecule has 0 unspecified atom stereocenters. The van der Waals surface area contributed by atoms with Crippen LogP contribution in [0.1, 0.15) is 22.3 Å². The number of benzene rings is 3. The highest BCUT2D eigenvalue weighted by atomic mass is 16.5. The third-order valence-electron chi connectivity index (χ3n) is 4.53. The summed E-state index contributed by atoms with van der Waals surface area (Å²) in [5.74, 6) is 1.05. The van der Waals surface area contributed by atoms with E-state index in [0.717, 1.165) is 0 Å². The van der Waals surface area contributed by atoms with E-state index in [9.17, 15) is 21.0 Å². The van der Waals surface area contributed by atoms with Gasteiger partial charge in [0.1, 0.15) is 24.3 Å². The molecule has 0 saturated carbocycles. The zero-order chi connectivity index (χ0) is 20.4. The number of hydrogen-bond donors (Lipinski definition) is 0. The van der Waals surface area contributed by atoms with Crippen LogP contribution in [-0.2, 0) is 0 Å². The number of nitrogens with zero attached hydrogens (tertiary/aromatic N) is 4. The molecule has 134 valence electrons. The minimum Gasteiger partial charge on any atom is -0.493 e. The Morgan fingerprint density at radius 1 is 0.643 bits per heavy atom. The summed E-state index contributed by atoms with van der Waals surface area (Å²) in [7, 11) is 4.39. The van der Waals surface area contributed by atoms with Gasteiger partial charge in [0.2, 0.25) is 5.75 Å². The van der Waals surface area contributed by atoms with Gasteiger partial charge in [0, 0.05) is 16.2 Å². The Hall–Kier alpha value is -4.46. The molecule has 0 atom stereocenters. The molecular weight excluding hydrogens is 356 g/mol. The van der Waals surface area contributed by atoms with E-state index < -0.39 is 0 Å². The van der Waals surface area contributed by atoms with Gasteiger partial charge in [-0.05, 0) is 11.5 Å². The predicted molar refractivity (Wildman–Crippen MR) is 100.0 cm³/mol. The van der Waals surface area contributed by atoms with Crippen molar-refractivity contribution in [2.45, 2.75) is 0 Å². The zero-order valence-electron chi connectivity index (χ0n) is 15.2. The van der Waals surface area contributed by atoms with Crippen LogP contribution in [0.3, 0.4) is 0 Å². The molecule has 3 aromatic rings. The molecule has 28 heavy (non-hydrogen) atoms. The van der Waals surface area contributed by atoms with Crippen LogP contribution in [0, 0.1) is 45.3 Å². The van der Waals surface area contributed by atoms with Gasteiger partial charge in [0.05, 0.1) is 43.6 Å². The van der Waals surface area contributed by atoms with Gasteiger partial charge in [-0.1, -0.05) is 12.1 Å². The van der Waals surface area contributed by atoms with E-state index in [-0.39, 0.29) is 22.3 Å². The van der Waals surface area contributed by atoms with Crippen LogP contribution in [0.5, 0.6) is 17.2 Å². The van der Waals surface area contributed by atoms with Crippen LogP contribution in [0.2, 0.25) is 0 Å². The van der Waals surface area contributed by atoms with Crippen LogP contribution in [0.4, 0.5) is 0 Å². The van der Waals surface area contributed by atoms with Crippen molar-refractivity contribution in [2.75, 3.05) is 21.3 Å². The smallest absolute Gasteiger partial charge is 0.203 e. The predicted octanol–water partition coefficient (Wildman–Crippen LogP) is 3.51. The van der Waals surface area contributed by atoms with Crippen molar-refractivity contribution in [1.82, 2.24) is 0 Å². The minimum absolute atomic E-state index is 0.00386. The lowest BCUT2D eigenvalue weighted by Crippen LogP contribution is -2.01. The number of hydrogen-bond acceptors (Lipinski definition) is 7. The Bertz CT molecular complexity index is 1320. The molecule has 0 amide bonds. The van der Waals surface area contributed by atoms with Gasteiger partial charge in [-0.2, -0.15) is 21.0 Å². The lowest BCUT2D eigenvalue weighted by Gasteiger charge is -2.17. The van der Waals surface area contributed by atoms with Crippen LogP contribution in [-0.4, -0.2) is 21.3 Å². The van der Waals surface area contributed by atoms with Crippen LogP contribution in [0.15, 0.2) is 18.2 Å². The molecule has 0 heterocycles.